The summed E-state index contributed by atoms with van der Waals surface area (Å²) < 4.78 is 26.8. The van der Waals surface area contributed by atoms with Crippen LogP contribution in [0.25, 0.3) is 10.8 Å². The summed E-state index contributed by atoms with van der Waals surface area (Å²) in [6.07, 6.45) is 0. The number of rotatable bonds is 2. The Kier molecular flexibility index (Phi) is 3.53. The summed E-state index contributed by atoms with van der Waals surface area (Å²) in [4.78, 5) is -0.103. The largest absolute Gasteiger partial charge is 0.207 e. The fourth-order valence-corrected chi connectivity index (χ4v) is 3.02. The van der Waals surface area contributed by atoms with Gasteiger partial charge in [-0.15, -0.1) is 0 Å². The maximum atomic E-state index is 13.8. The first-order valence-corrected chi connectivity index (χ1v) is 7.15. The van der Waals surface area contributed by atoms with Crippen molar-refractivity contribution in [2.75, 3.05) is 0 Å². The van der Waals surface area contributed by atoms with Crippen LogP contribution in [0.5, 0.6) is 0 Å². The van der Waals surface area contributed by atoms with E-state index < -0.39 is 0 Å². The molecule has 3 rings (SSSR count). The van der Waals surface area contributed by atoms with Gasteiger partial charge in [0.25, 0.3) is 0 Å². The van der Waals surface area contributed by atoms with Crippen molar-refractivity contribution >= 4 is 26.7 Å². The van der Waals surface area contributed by atoms with Crippen molar-refractivity contribution in [1.82, 2.24) is 0 Å². The number of benzene rings is 3. The van der Waals surface area contributed by atoms with E-state index in [1.807, 2.05) is 18.2 Å². The Morgan fingerprint density at radius 2 is 1.40 bits per heavy atom. The lowest BCUT2D eigenvalue weighted by atomic mass is 9.98. The predicted octanol–water partition coefficient (Wildman–Crippen LogP) is 5.60. The molecule has 0 aromatic heterocycles. The summed E-state index contributed by atoms with van der Waals surface area (Å²) in [5.41, 5.74) is 1.90. The highest BCUT2D eigenvalue weighted by Crippen LogP contribution is 2.36. The van der Waals surface area contributed by atoms with Gasteiger partial charge < -0.3 is 0 Å². The zero-order valence-corrected chi connectivity index (χ0v) is 12.1. The van der Waals surface area contributed by atoms with Gasteiger partial charge >= 0.3 is 0 Å². The van der Waals surface area contributed by atoms with Crippen LogP contribution in [0.3, 0.4) is 0 Å². The van der Waals surface area contributed by atoms with Crippen LogP contribution in [0.4, 0.5) is 8.78 Å². The SMILES string of the molecule is Fc1ccc(C(Br)c2ccc(F)c3ccccc23)cc1. The van der Waals surface area contributed by atoms with Crippen molar-refractivity contribution in [3.05, 3.63) is 83.4 Å². The quantitative estimate of drug-likeness (QED) is 0.535. The highest BCUT2D eigenvalue weighted by atomic mass is 79.9. The van der Waals surface area contributed by atoms with Gasteiger partial charge in [-0.3, -0.25) is 0 Å². The van der Waals surface area contributed by atoms with Gasteiger partial charge in [-0.1, -0.05) is 58.4 Å². The Hall–Kier alpha value is -1.74. The van der Waals surface area contributed by atoms with Gasteiger partial charge in [0.2, 0.25) is 0 Å². The van der Waals surface area contributed by atoms with Crippen LogP contribution in [0.1, 0.15) is 16.0 Å². The third-order valence-electron chi connectivity index (χ3n) is 3.34. The molecule has 0 saturated carbocycles. The van der Waals surface area contributed by atoms with Crippen LogP contribution in [0, 0.1) is 11.6 Å². The summed E-state index contributed by atoms with van der Waals surface area (Å²) in [5, 5.41) is 1.45. The topological polar surface area (TPSA) is 0 Å². The number of fused-ring (bicyclic) bond motifs is 1. The summed E-state index contributed by atoms with van der Waals surface area (Å²) in [7, 11) is 0. The van der Waals surface area contributed by atoms with Crippen molar-refractivity contribution in [2.45, 2.75) is 4.83 Å². The van der Waals surface area contributed by atoms with Gasteiger partial charge in [0.1, 0.15) is 11.6 Å². The number of hydrogen-bond donors (Lipinski definition) is 0. The molecule has 1 unspecified atom stereocenters. The molecule has 0 aliphatic carbocycles. The molecule has 3 aromatic carbocycles. The van der Waals surface area contributed by atoms with E-state index in [0.29, 0.717) is 5.39 Å². The molecule has 0 fully saturated rings. The van der Waals surface area contributed by atoms with Crippen molar-refractivity contribution in [2.24, 2.45) is 0 Å². The average molecular weight is 333 g/mol. The maximum Gasteiger partial charge on any atom is 0.131 e. The molecule has 0 heterocycles. The molecule has 0 nitrogen and oxygen atoms in total. The second-order valence-corrected chi connectivity index (χ2v) is 5.51. The lowest BCUT2D eigenvalue weighted by Gasteiger charge is -2.14. The highest BCUT2D eigenvalue weighted by Gasteiger charge is 2.14. The predicted molar refractivity (Wildman–Crippen MR) is 81.1 cm³/mol. The first-order chi connectivity index (χ1) is 9.66. The van der Waals surface area contributed by atoms with Gasteiger partial charge in [-0.2, -0.15) is 0 Å². The summed E-state index contributed by atoms with van der Waals surface area (Å²) >= 11 is 3.62. The first-order valence-electron chi connectivity index (χ1n) is 6.23. The molecule has 100 valence electrons. The summed E-state index contributed by atoms with van der Waals surface area (Å²) in [6, 6.07) is 16.9. The third kappa shape index (κ3) is 2.34. The molecule has 0 bridgehead atoms. The lowest BCUT2D eigenvalue weighted by Crippen LogP contribution is -1.95. The van der Waals surface area contributed by atoms with Crippen LogP contribution in [-0.2, 0) is 0 Å². The number of hydrogen-bond acceptors (Lipinski definition) is 0. The number of halogens is 3. The average Bonchev–Trinajstić information content (AvgIpc) is 2.48. The highest BCUT2D eigenvalue weighted by molar-refractivity contribution is 9.09. The lowest BCUT2D eigenvalue weighted by molar-refractivity contribution is 0.627. The van der Waals surface area contributed by atoms with E-state index in [1.165, 1.54) is 18.2 Å². The van der Waals surface area contributed by atoms with E-state index in [4.69, 9.17) is 0 Å². The van der Waals surface area contributed by atoms with Gasteiger partial charge in [0.15, 0.2) is 0 Å². The van der Waals surface area contributed by atoms with E-state index in [2.05, 4.69) is 15.9 Å². The van der Waals surface area contributed by atoms with Crippen LogP contribution < -0.4 is 0 Å². The van der Waals surface area contributed by atoms with Crippen molar-refractivity contribution < 1.29 is 8.78 Å². The molecule has 0 N–H and O–H groups in total. The molecule has 20 heavy (non-hydrogen) atoms. The minimum absolute atomic E-state index is 0.103. The Balaban J connectivity index is 2.14. The monoisotopic (exact) mass is 332 g/mol. The Morgan fingerprint density at radius 1 is 0.750 bits per heavy atom. The van der Waals surface area contributed by atoms with Crippen LogP contribution in [-0.4, -0.2) is 0 Å². The third-order valence-corrected chi connectivity index (χ3v) is 4.36. The van der Waals surface area contributed by atoms with Gasteiger partial charge in [-0.25, -0.2) is 8.78 Å². The summed E-state index contributed by atoms with van der Waals surface area (Å²) in [6.45, 7) is 0. The van der Waals surface area contributed by atoms with Gasteiger partial charge in [-0.05, 0) is 34.7 Å². The zero-order valence-electron chi connectivity index (χ0n) is 10.5. The van der Waals surface area contributed by atoms with Gasteiger partial charge in [0, 0.05) is 5.39 Å². The fourth-order valence-electron chi connectivity index (χ4n) is 2.32. The Morgan fingerprint density at radius 3 is 2.10 bits per heavy atom. The normalized spacial score (nSPS) is 12.6. The molecule has 0 saturated heterocycles. The van der Waals surface area contributed by atoms with E-state index in [0.717, 1.165) is 16.5 Å². The second kappa shape index (κ2) is 5.33. The molecule has 0 amide bonds. The Labute approximate surface area is 124 Å². The minimum atomic E-state index is -0.266. The van der Waals surface area contributed by atoms with Gasteiger partial charge in [0.05, 0.1) is 4.83 Å². The molecule has 3 aromatic rings. The van der Waals surface area contributed by atoms with E-state index in [-0.39, 0.29) is 16.5 Å². The maximum absolute atomic E-state index is 13.8. The fraction of sp³-hybridized carbons (Fsp3) is 0.0588. The molecular weight excluding hydrogens is 322 g/mol. The molecule has 3 heteroatoms. The van der Waals surface area contributed by atoms with Crippen molar-refractivity contribution in [3.8, 4) is 0 Å². The standard InChI is InChI=1S/C17H11BrF2/c18-17(11-5-7-12(19)8-6-11)15-9-10-16(20)14-4-2-1-3-13(14)15/h1-10,17H. The second-order valence-electron chi connectivity index (χ2n) is 4.60. The van der Waals surface area contributed by atoms with Crippen molar-refractivity contribution in [3.63, 3.8) is 0 Å². The van der Waals surface area contributed by atoms with Crippen LogP contribution >= 0.6 is 15.9 Å². The Bertz CT molecular complexity index is 751. The smallest absolute Gasteiger partial charge is 0.131 e. The summed E-state index contributed by atoms with van der Waals surface area (Å²) in [5.74, 6) is -0.499. The van der Waals surface area contributed by atoms with E-state index in [9.17, 15) is 8.78 Å². The van der Waals surface area contributed by atoms with E-state index in [1.54, 1.807) is 24.3 Å². The molecule has 1 atom stereocenters. The van der Waals surface area contributed by atoms with E-state index >= 15 is 0 Å². The molecule has 0 aliphatic heterocycles. The molecule has 0 radical (unpaired) electrons. The zero-order chi connectivity index (χ0) is 14.1. The number of alkyl halides is 1. The molecule has 0 spiro atoms. The van der Waals surface area contributed by atoms with Crippen LogP contribution in [0.15, 0.2) is 60.7 Å². The van der Waals surface area contributed by atoms with Crippen molar-refractivity contribution in [1.29, 1.82) is 0 Å². The minimum Gasteiger partial charge on any atom is -0.207 e. The molecular formula is C17H11BrF2. The first kappa shape index (κ1) is 13.3. The van der Waals surface area contributed by atoms with Crippen LogP contribution in [0.2, 0.25) is 0 Å². The molecule has 0 aliphatic rings.